The molecule has 18 heavy (non-hydrogen) atoms. The molecular formula is C12H18N2O3S. The maximum absolute atomic E-state index is 11.7. The Morgan fingerprint density at radius 2 is 2.06 bits per heavy atom. The maximum atomic E-state index is 11.7. The van der Waals surface area contributed by atoms with Gasteiger partial charge in [0.05, 0.1) is 5.54 Å². The summed E-state index contributed by atoms with van der Waals surface area (Å²) < 4.78 is 0. The van der Waals surface area contributed by atoms with E-state index in [-0.39, 0.29) is 12.3 Å². The van der Waals surface area contributed by atoms with Crippen LogP contribution in [0.3, 0.4) is 0 Å². The van der Waals surface area contributed by atoms with Gasteiger partial charge in [0.2, 0.25) is 5.91 Å². The Morgan fingerprint density at radius 3 is 2.61 bits per heavy atom. The fourth-order valence-electron chi connectivity index (χ4n) is 1.56. The highest BCUT2D eigenvalue weighted by Crippen LogP contribution is 2.22. The van der Waals surface area contributed by atoms with E-state index in [9.17, 15) is 9.59 Å². The van der Waals surface area contributed by atoms with Gasteiger partial charge < -0.3 is 10.4 Å². The van der Waals surface area contributed by atoms with Crippen LogP contribution in [0.2, 0.25) is 0 Å². The maximum Gasteiger partial charge on any atom is 0.303 e. The van der Waals surface area contributed by atoms with Crippen molar-refractivity contribution < 1.29 is 14.7 Å². The van der Waals surface area contributed by atoms with Crippen molar-refractivity contribution in [3.05, 3.63) is 16.6 Å². The lowest BCUT2D eigenvalue weighted by Crippen LogP contribution is -2.40. The molecule has 0 aliphatic carbocycles. The van der Waals surface area contributed by atoms with Crippen LogP contribution < -0.4 is 5.32 Å². The van der Waals surface area contributed by atoms with Gasteiger partial charge in [0.25, 0.3) is 0 Å². The average molecular weight is 270 g/mol. The van der Waals surface area contributed by atoms with E-state index in [4.69, 9.17) is 5.11 Å². The summed E-state index contributed by atoms with van der Waals surface area (Å²) in [6.45, 7) is 3.81. The van der Waals surface area contributed by atoms with E-state index in [0.29, 0.717) is 19.3 Å². The molecule has 0 saturated heterocycles. The number of carboxylic acid groups (broad SMARTS) is 1. The molecule has 0 radical (unpaired) electrons. The van der Waals surface area contributed by atoms with Gasteiger partial charge in [-0.3, -0.25) is 9.59 Å². The van der Waals surface area contributed by atoms with Gasteiger partial charge >= 0.3 is 5.97 Å². The number of amides is 1. The Balaban J connectivity index is 2.33. The highest BCUT2D eigenvalue weighted by atomic mass is 32.1. The molecule has 0 fully saturated rings. The zero-order valence-corrected chi connectivity index (χ0v) is 11.4. The minimum Gasteiger partial charge on any atom is -0.481 e. The van der Waals surface area contributed by atoms with Gasteiger partial charge in [-0.15, -0.1) is 11.3 Å². The first-order valence-electron chi connectivity index (χ1n) is 5.84. The summed E-state index contributed by atoms with van der Waals surface area (Å²) in [6.07, 6.45) is 3.29. The highest BCUT2D eigenvalue weighted by Gasteiger charge is 2.24. The number of hydrogen-bond donors (Lipinski definition) is 2. The predicted octanol–water partition coefficient (Wildman–Crippen LogP) is 2.14. The molecule has 0 bridgehead atoms. The summed E-state index contributed by atoms with van der Waals surface area (Å²) >= 11 is 1.50. The Kier molecular flexibility index (Phi) is 5.27. The highest BCUT2D eigenvalue weighted by molar-refractivity contribution is 7.09. The van der Waals surface area contributed by atoms with Gasteiger partial charge in [0.1, 0.15) is 5.01 Å². The molecular weight excluding hydrogens is 252 g/mol. The van der Waals surface area contributed by atoms with Crippen LogP contribution >= 0.6 is 11.3 Å². The molecule has 1 amide bonds. The van der Waals surface area contributed by atoms with Crippen molar-refractivity contribution in [2.45, 2.75) is 45.1 Å². The molecule has 6 heteroatoms. The molecule has 1 aromatic rings. The van der Waals surface area contributed by atoms with Gasteiger partial charge in [-0.05, 0) is 26.7 Å². The Hall–Kier alpha value is -1.43. The van der Waals surface area contributed by atoms with Gasteiger partial charge in [0, 0.05) is 24.4 Å². The molecule has 0 saturated carbocycles. The van der Waals surface area contributed by atoms with Crippen LogP contribution in [0.5, 0.6) is 0 Å². The molecule has 2 N–H and O–H groups in total. The molecule has 5 nitrogen and oxygen atoms in total. The number of carbonyl (C=O) groups excluding carboxylic acids is 1. The zero-order chi connectivity index (χ0) is 13.6. The van der Waals surface area contributed by atoms with Gasteiger partial charge in [-0.2, -0.15) is 0 Å². The second-order valence-electron chi connectivity index (χ2n) is 4.61. The molecule has 100 valence electrons. The van der Waals surface area contributed by atoms with Crippen LogP contribution in [0.25, 0.3) is 0 Å². The topological polar surface area (TPSA) is 79.3 Å². The number of rotatable bonds is 7. The molecule has 0 aliphatic rings. The number of aromatic nitrogens is 1. The number of nitrogens with zero attached hydrogens (tertiary/aromatic N) is 1. The van der Waals surface area contributed by atoms with Crippen LogP contribution in [-0.4, -0.2) is 22.0 Å². The van der Waals surface area contributed by atoms with E-state index >= 15 is 0 Å². The molecule has 0 atom stereocenters. The molecule has 0 aliphatic heterocycles. The lowest BCUT2D eigenvalue weighted by molar-refractivity contribution is -0.137. The van der Waals surface area contributed by atoms with Crippen molar-refractivity contribution in [1.29, 1.82) is 0 Å². The van der Waals surface area contributed by atoms with Crippen molar-refractivity contribution in [1.82, 2.24) is 10.3 Å². The number of carboxylic acids is 1. The Morgan fingerprint density at radius 1 is 1.39 bits per heavy atom. The molecule has 1 rings (SSSR count). The smallest absolute Gasteiger partial charge is 0.303 e. The van der Waals surface area contributed by atoms with Crippen molar-refractivity contribution >= 4 is 23.2 Å². The second-order valence-corrected chi connectivity index (χ2v) is 5.51. The van der Waals surface area contributed by atoms with Gasteiger partial charge in [-0.25, -0.2) is 4.98 Å². The van der Waals surface area contributed by atoms with Crippen molar-refractivity contribution in [2.75, 3.05) is 0 Å². The first kappa shape index (κ1) is 14.6. The summed E-state index contributed by atoms with van der Waals surface area (Å²) in [4.78, 5) is 26.2. The number of thiazole rings is 1. The average Bonchev–Trinajstić information content (AvgIpc) is 2.77. The summed E-state index contributed by atoms with van der Waals surface area (Å²) in [5.41, 5.74) is -0.474. The summed E-state index contributed by atoms with van der Waals surface area (Å²) in [5.74, 6) is -0.890. The van der Waals surface area contributed by atoms with Crippen molar-refractivity contribution in [2.24, 2.45) is 0 Å². The largest absolute Gasteiger partial charge is 0.481 e. The fraction of sp³-hybridized carbons (Fsp3) is 0.583. The SMILES string of the molecule is CC(C)(NC(=O)CCCCC(=O)O)c1nccs1. The number of nitrogens with one attached hydrogen (secondary N) is 1. The first-order valence-corrected chi connectivity index (χ1v) is 6.72. The number of aliphatic carboxylic acids is 1. The zero-order valence-electron chi connectivity index (χ0n) is 10.6. The third kappa shape index (κ3) is 4.83. The van der Waals surface area contributed by atoms with E-state index in [1.54, 1.807) is 6.20 Å². The van der Waals surface area contributed by atoms with Gasteiger partial charge in [-0.1, -0.05) is 0 Å². The Labute approximate surface area is 110 Å². The molecule has 0 unspecified atom stereocenters. The van der Waals surface area contributed by atoms with E-state index in [1.165, 1.54) is 11.3 Å². The fourth-order valence-corrected chi connectivity index (χ4v) is 2.28. The number of carbonyl (C=O) groups is 2. The first-order chi connectivity index (χ1) is 8.42. The molecule has 1 heterocycles. The number of unbranched alkanes of at least 4 members (excludes halogenated alkanes) is 1. The minimum absolute atomic E-state index is 0.0689. The second kappa shape index (κ2) is 6.49. The molecule has 1 aromatic heterocycles. The van der Waals surface area contributed by atoms with Crippen LogP contribution in [0.15, 0.2) is 11.6 Å². The molecule has 0 aromatic carbocycles. The number of hydrogen-bond acceptors (Lipinski definition) is 4. The van der Waals surface area contributed by atoms with Crippen molar-refractivity contribution in [3.63, 3.8) is 0 Å². The standard InChI is InChI=1S/C12H18N2O3S/c1-12(2,11-13-7-8-18-11)14-9(15)5-3-4-6-10(16)17/h7-8H,3-6H2,1-2H3,(H,14,15)(H,16,17). The quantitative estimate of drug-likeness (QED) is 0.744. The minimum atomic E-state index is -0.821. The van der Waals surface area contributed by atoms with E-state index < -0.39 is 11.5 Å². The van der Waals surface area contributed by atoms with E-state index in [1.807, 2.05) is 19.2 Å². The summed E-state index contributed by atoms with van der Waals surface area (Å²) in [7, 11) is 0. The van der Waals surface area contributed by atoms with Crippen molar-refractivity contribution in [3.8, 4) is 0 Å². The monoisotopic (exact) mass is 270 g/mol. The van der Waals surface area contributed by atoms with Crippen LogP contribution in [0, 0.1) is 0 Å². The third-order valence-corrected chi connectivity index (χ3v) is 3.56. The van der Waals surface area contributed by atoms with Crippen LogP contribution in [0.4, 0.5) is 0 Å². The van der Waals surface area contributed by atoms with Crippen LogP contribution in [-0.2, 0) is 15.1 Å². The summed E-state index contributed by atoms with van der Waals surface area (Å²) in [6, 6.07) is 0. The normalized spacial score (nSPS) is 11.2. The van der Waals surface area contributed by atoms with Crippen LogP contribution in [0.1, 0.15) is 44.5 Å². The lowest BCUT2D eigenvalue weighted by Gasteiger charge is -2.23. The van der Waals surface area contributed by atoms with E-state index in [0.717, 1.165) is 5.01 Å². The Bertz CT molecular complexity index is 401. The summed E-state index contributed by atoms with van der Waals surface area (Å²) in [5, 5.41) is 14.1. The molecule has 0 spiro atoms. The third-order valence-electron chi connectivity index (χ3n) is 2.46. The van der Waals surface area contributed by atoms with Gasteiger partial charge in [0.15, 0.2) is 0 Å². The van der Waals surface area contributed by atoms with E-state index in [2.05, 4.69) is 10.3 Å². The lowest BCUT2D eigenvalue weighted by atomic mass is 10.1. The predicted molar refractivity (Wildman–Crippen MR) is 69.4 cm³/mol.